The first kappa shape index (κ1) is 28.3. The second-order valence-electron chi connectivity index (χ2n) is 8.49. The van der Waals surface area contributed by atoms with Crippen LogP contribution < -0.4 is 20.7 Å². The summed E-state index contributed by atoms with van der Waals surface area (Å²) in [6.07, 6.45) is -3.45. The number of carbonyl (C=O) groups is 2. The number of rotatable bonds is 7. The molecule has 1 aromatic heterocycles. The Kier molecular flexibility index (Phi) is 8.50. The van der Waals surface area contributed by atoms with E-state index in [1.165, 1.54) is 26.3 Å². The predicted molar refractivity (Wildman–Crippen MR) is 147 cm³/mol. The quantitative estimate of drug-likeness (QED) is 0.261. The number of benzene rings is 3. The summed E-state index contributed by atoms with van der Waals surface area (Å²) >= 11 is 6.00. The Morgan fingerprint density at radius 1 is 1.10 bits per heavy atom. The maximum absolute atomic E-state index is 13.2. The van der Waals surface area contributed by atoms with Crippen molar-refractivity contribution in [3.8, 4) is 17.6 Å². The van der Waals surface area contributed by atoms with Crippen molar-refractivity contribution >= 4 is 45.8 Å². The highest BCUT2D eigenvalue weighted by atomic mass is 35.5. The molecule has 4 rings (SSSR count). The fourth-order valence-corrected chi connectivity index (χ4v) is 4.09. The second kappa shape index (κ2) is 12.0. The lowest BCUT2D eigenvalue weighted by atomic mass is 10.1. The fraction of sp³-hybridized carbons (Fsp3) is 0.179. The number of amides is 2. The summed E-state index contributed by atoms with van der Waals surface area (Å²) in [4.78, 5) is 29.1. The summed E-state index contributed by atoms with van der Waals surface area (Å²) in [5.41, 5.74) is 2.01. The van der Waals surface area contributed by atoms with Crippen LogP contribution in [0.1, 0.15) is 26.3 Å². The number of halogens is 4. The molecule has 0 fully saturated rings. The van der Waals surface area contributed by atoms with Crippen molar-refractivity contribution in [3.05, 3.63) is 82.6 Å². The number of ether oxygens (including phenoxy) is 1. The average molecular weight is 570 g/mol. The first-order valence-electron chi connectivity index (χ1n) is 11.8. The van der Waals surface area contributed by atoms with Crippen LogP contribution in [0.2, 0.25) is 5.02 Å². The number of imidazole rings is 1. The van der Waals surface area contributed by atoms with E-state index < -0.39 is 18.6 Å². The zero-order valence-electron chi connectivity index (χ0n) is 21.3. The minimum atomic E-state index is -4.49. The third-order valence-corrected chi connectivity index (χ3v) is 5.93. The van der Waals surface area contributed by atoms with Gasteiger partial charge in [-0.1, -0.05) is 29.5 Å². The maximum Gasteiger partial charge on any atom is 0.406 e. The standard InChI is InChI=1S/C28H23ClF3N5O3/c1-33-26(38)18-8-9-22(24(13-18)40-2)34-10-4-5-17-11-21(27(39)36-20-7-3-6-19(29)14-20)25-23(12-17)37(16-35-25)15-28(30,31)32/h3,6-9,11-14,16,34H,10,15H2,1-2H3,(H,33,38)(H,36,39). The van der Waals surface area contributed by atoms with E-state index in [0.717, 1.165) is 10.9 Å². The summed E-state index contributed by atoms with van der Waals surface area (Å²) in [7, 11) is 2.99. The first-order chi connectivity index (χ1) is 19.1. The molecule has 12 heteroatoms. The molecule has 0 spiro atoms. The van der Waals surface area contributed by atoms with Crippen molar-refractivity contribution in [1.82, 2.24) is 14.9 Å². The number of nitrogens with zero attached hydrogens (tertiary/aromatic N) is 2. The summed E-state index contributed by atoms with van der Waals surface area (Å²) in [5.74, 6) is 5.38. The number of hydrogen-bond donors (Lipinski definition) is 3. The molecular formula is C28H23ClF3N5O3. The van der Waals surface area contributed by atoms with E-state index in [1.807, 2.05) is 0 Å². The van der Waals surface area contributed by atoms with Gasteiger partial charge in [0.2, 0.25) is 0 Å². The summed E-state index contributed by atoms with van der Waals surface area (Å²) in [6.45, 7) is -1.14. The van der Waals surface area contributed by atoms with Gasteiger partial charge < -0.3 is 25.3 Å². The van der Waals surface area contributed by atoms with Crippen LogP contribution in [-0.4, -0.2) is 48.2 Å². The molecule has 2 amide bonds. The lowest BCUT2D eigenvalue weighted by molar-refractivity contribution is -0.139. The van der Waals surface area contributed by atoms with Gasteiger partial charge in [-0.25, -0.2) is 4.98 Å². The Morgan fingerprint density at radius 3 is 2.60 bits per heavy atom. The highest BCUT2D eigenvalue weighted by Crippen LogP contribution is 2.27. The number of carbonyl (C=O) groups excluding carboxylic acids is 2. The SMILES string of the molecule is CNC(=O)c1ccc(NCC#Cc2cc(C(=O)Nc3cccc(Cl)c3)c3ncn(CC(F)(F)F)c3c2)c(OC)c1. The van der Waals surface area contributed by atoms with Crippen LogP contribution in [0, 0.1) is 11.8 Å². The molecule has 0 saturated heterocycles. The highest BCUT2D eigenvalue weighted by Gasteiger charge is 2.29. The van der Waals surface area contributed by atoms with Crippen LogP contribution in [-0.2, 0) is 6.54 Å². The normalized spacial score (nSPS) is 10.9. The number of hydrogen-bond acceptors (Lipinski definition) is 5. The van der Waals surface area contributed by atoms with Crippen LogP contribution in [0.25, 0.3) is 11.0 Å². The van der Waals surface area contributed by atoms with E-state index in [-0.39, 0.29) is 29.0 Å². The van der Waals surface area contributed by atoms with Crippen molar-refractivity contribution in [2.45, 2.75) is 12.7 Å². The lowest BCUT2D eigenvalue weighted by Crippen LogP contribution is -2.17. The van der Waals surface area contributed by atoms with Crippen molar-refractivity contribution in [2.75, 3.05) is 31.3 Å². The Bertz CT molecular complexity index is 1640. The van der Waals surface area contributed by atoms with E-state index in [9.17, 15) is 22.8 Å². The van der Waals surface area contributed by atoms with Gasteiger partial charge in [0.1, 0.15) is 17.8 Å². The van der Waals surface area contributed by atoms with Gasteiger partial charge >= 0.3 is 6.18 Å². The smallest absolute Gasteiger partial charge is 0.406 e. The third kappa shape index (κ3) is 6.84. The summed E-state index contributed by atoms with van der Waals surface area (Å²) in [6, 6.07) is 14.3. The van der Waals surface area contributed by atoms with Gasteiger partial charge in [-0.15, -0.1) is 0 Å². The molecule has 0 atom stereocenters. The van der Waals surface area contributed by atoms with Gasteiger partial charge in [-0.2, -0.15) is 13.2 Å². The Hall–Kier alpha value is -4.69. The molecule has 0 unspecified atom stereocenters. The minimum Gasteiger partial charge on any atom is -0.495 e. The molecule has 1 heterocycles. The van der Waals surface area contributed by atoms with E-state index in [1.54, 1.807) is 42.5 Å². The summed E-state index contributed by atoms with van der Waals surface area (Å²) in [5, 5.41) is 8.72. The van der Waals surface area contributed by atoms with Gasteiger partial charge in [0, 0.05) is 28.9 Å². The molecule has 40 heavy (non-hydrogen) atoms. The Morgan fingerprint density at radius 2 is 1.90 bits per heavy atom. The van der Waals surface area contributed by atoms with E-state index in [2.05, 4.69) is 32.8 Å². The zero-order valence-corrected chi connectivity index (χ0v) is 22.1. The fourth-order valence-electron chi connectivity index (χ4n) is 3.90. The Balaban J connectivity index is 1.63. The first-order valence-corrected chi connectivity index (χ1v) is 12.2. The topological polar surface area (TPSA) is 97.3 Å². The van der Waals surface area contributed by atoms with Gasteiger partial charge in [-0.3, -0.25) is 9.59 Å². The number of alkyl halides is 3. The van der Waals surface area contributed by atoms with Crippen molar-refractivity contribution in [2.24, 2.45) is 0 Å². The number of methoxy groups -OCH3 is 1. The molecule has 0 bridgehead atoms. The second-order valence-corrected chi connectivity index (χ2v) is 8.93. The van der Waals surface area contributed by atoms with Crippen molar-refractivity contribution < 1.29 is 27.5 Å². The monoisotopic (exact) mass is 569 g/mol. The largest absolute Gasteiger partial charge is 0.495 e. The van der Waals surface area contributed by atoms with Crippen molar-refractivity contribution in [3.63, 3.8) is 0 Å². The molecule has 3 N–H and O–H groups in total. The molecule has 0 saturated carbocycles. The predicted octanol–water partition coefficient (Wildman–Crippen LogP) is 5.34. The maximum atomic E-state index is 13.2. The number of fused-ring (bicyclic) bond motifs is 1. The number of aromatic nitrogens is 2. The number of nitrogens with one attached hydrogen (secondary N) is 3. The number of anilines is 2. The van der Waals surface area contributed by atoms with Crippen molar-refractivity contribution in [1.29, 1.82) is 0 Å². The van der Waals surface area contributed by atoms with Crippen LogP contribution in [0.3, 0.4) is 0 Å². The molecular weight excluding hydrogens is 547 g/mol. The third-order valence-electron chi connectivity index (χ3n) is 5.69. The van der Waals surface area contributed by atoms with Crippen LogP contribution in [0.4, 0.5) is 24.5 Å². The van der Waals surface area contributed by atoms with Gasteiger partial charge in [0.05, 0.1) is 36.7 Å². The molecule has 4 aromatic rings. The minimum absolute atomic E-state index is 0.0575. The van der Waals surface area contributed by atoms with Gasteiger partial charge in [0.15, 0.2) is 0 Å². The van der Waals surface area contributed by atoms with Gasteiger partial charge in [-0.05, 0) is 48.5 Å². The molecule has 0 aliphatic heterocycles. The van der Waals surface area contributed by atoms with Crippen LogP contribution >= 0.6 is 11.6 Å². The molecule has 0 aliphatic rings. The van der Waals surface area contributed by atoms with Gasteiger partial charge in [0.25, 0.3) is 11.8 Å². The van der Waals surface area contributed by atoms with Crippen LogP contribution in [0.15, 0.2) is 60.9 Å². The summed E-state index contributed by atoms with van der Waals surface area (Å²) < 4.78 is 45.8. The van der Waals surface area contributed by atoms with E-state index in [4.69, 9.17) is 16.3 Å². The molecule has 8 nitrogen and oxygen atoms in total. The molecule has 0 radical (unpaired) electrons. The van der Waals surface area contributed by atoms with Crippen LogP contribution in [0.5, 0.6) is 5.75 Å². The highest BCUT2D eigenvalue weighted by molar-refractivity contribution is 6.31. The molecule has 0 aliphatic carbocycles. The molecule has 3 aromatic carbocycles. The lowest BCUT2D eigenvalue weighted by Gasteiger charge is -2.11. The molecule has 206 valence electrons. The zero-order chi connectivity index (χ0) is 28.9. The van der Waals surface area contributed by atoms with E-state index >= 15 is 0 Å². The van der Waals surface area contributed by atoms with E-state index in [0.29, 0.717) is 33.3 Å². The average Bonchev–Trinajstić information content (AvgIpc) is 3.31. The Labute approximate surface area is 232 Å².